The van der Waals surface area contributed by atoms with E-state index in [1.807, 2.05) is 19.1 Å². The van der Waals surface area contributed by atoms with Crippen molar-refractivity contribution in [2.45, 2.75) is 25.9 Å². The van der Waals surface area contributed by atoms with Crippen molar-refractivity contribution in [2.75, 3.05) is 11.6 Å². The number of carbonyl (C=O) groups is 1. The summed E-state index contributed by atoms with van der Waals surface area (Å²) in [7, 11) is 0. The average molecular weight is 250 g/mol. The van der Waals surface area contributed by atoms with Crippen LogP contribution < -0.4 is 10.6 Å². The number of nitrogens with one attached hydrogen (secondary N) is 2. The van der Waals surface area contributed by atoms with E-state index in [0.29, 0.717) is 0 Å². The molecule has 1 saturated heterocycles. The van der Waals surface area contributed by atoms with E-state index in [4.69, 9.17) is 0 Å². The number of hydrogen-bond acceptors (Lipinski definition) is 3. The molecule has 2 N–H and O–H groups in total. The maximum Gasteiger partial charge on any atom is 0.238 e. The van der Waals surface area contributed by atoms with Gasteiger partial charge in [0, 0.05) is 11.6 Å². The molecule has 2 rings (SSSR count). The van der Waals surface area contributed by atoms with Crippen LogP contribution in [-0.2, 0) is 4.79 Å². The fraction of sp³-hybridized carbons (Fsp3) is 0.462. The van der Waals surface area contributed by atoms with Gasteiger partial charge < -0.3 is 5.32 Å². The first-order chi connectivity index (χ1) is 8.18. The van der Waals surface area contributed by atoms with E-state index >= 15 is 0 Å². The third-order valence-electron chi connectivity index (χ3n) is 3.05. The van der Waals surface area contributed by atoms with Crippen LogP contribution in [0.2, 0.25) is 0 Å². The van der Waals surface area contributed by atoms with Crippen molar-refractivity contribution in [3.8, 4) is 0 Å². The van der Waals surface area contributed by atoms with Gasteiger partial charge in [-0.2, -0.15) is 0 Å². The first-order valence-electron chi connectivity index (χ1n) is 5.85. The molecule has 92 valence electrons. The lowest BCUT2D eigenvalue weighted by Gasteiger charge is -2.18. The molecule has 4 heteroatoms. The summed E-state index contributed by atoms with van der Waals surface area (Å²) >= 11 is 1.76. The van der Waals surface area contributed by atoms with Crippen LogP contribution in [0.15, 0.2) is 24.3 Å². The molecule has 0 saturated carbocycles. The minimum atomic E-state index is -0.0357. The number of benzene rings is 1. The van der Waals surface area contributed by atoms with Gasteiger partial charge in [-0.3, -0.25) is 10.1 Å². The second-order valence-corrected chi connectivity index (χ2v) is 5.39. The van der Waals surface area contributed by atoms with Crippen molar-refractivity contribution in [2.24, 2.45) is 0 Å². The molecule has 0 aliphatic carbocycles. The molecule has 3 nitrogen and oxygen atoms in total. The van der Waals surface area contributed by atoms with Gasteiger partial charge in [-0.05, 0) is 25.0 Å². The predicted molar refractivity (Wildman–Crippen MR) is 72.0 cm³/mol. The summed E-state index contributed by atoms with van der Waals surface area (Å²) in [5, 5.41) is 6.24. The van der Waals surface area contributed by atoms with E-state index < -0.39 is 0 Å². The van der Waals surface area contributed by atoms with E-state index in [9.17, 15) is 4.79 Å². The lowest BCUT2D eigenvalue weighted by Crippen LogP contribution is -2.43. The van der Waals surface area contributed by atoms with E-state index in [-0.39, 0.29) is 18.0 Å². The van der Waals surface area contributed by atoms with Gasteiger partial charge in [0.05, 0.1) is 12.1 Å². The summed E-state index contributed by atoms with van der Waals surface area (Å²) in [6.07, 6.45) is 0. The number of aryl methyl sites for hydroxylation is 1. The zero-order chi connectivity index (χ0) is 12.3. The number of rotatable bonds is 3. The lowest BCUT2D eigenvalue weighted by molar-refractivity contribution is -0.123. The van der Waals surface area contributed by atoms with Crippen LogP contribution in [0.5, 0.6) is 0 Å². The SMILES string of the molecule is Cc1ccccc1[C@@H](C)NC(=O)C1CSCN1. The number of amides is 1. The quantitative estimate of drug-likeness (QED) is 0.860. The van der Waals surface area contributed by atoms with Crippen molar-refractivity contribution in [1.29, 1.82) is 0 Å². The number of hydrogen-bond donors (Lipinski definition) is 2. The molecular formula is C13H18N2OS. The van der Waals surface area contributed by atoms with Gasteiger partial charge >= 0.3 is 0 Å². The Kier molecular flexibility index (Phi) is 4.07. The summed E-state index contributed by atoms with van der Waals surface area (Å²) in [6.45, 7) is 4.10. The van der Waals surface area contributed by atoms with Crippen LogP contribution in [0, 0.1) is 6.92 Å². The first kappa shape index (κ1) is 12.5. The molecule has 17 heavy (non-hydrogen) atoms. The van der Waals surface area contributed by atoms with Crippen molar-refractivity contribution in [3.63, 3.8) is 0 Å². The Morgan fingerprint density at radius 1 is 1.53 bits per heavy atom. The van der Waals surface area contributed by atoms with E-state index in [1.54, 1.807) is 11.8 Å². The lowest BCUT2D eigenvalue weighted by atomic mass is 10.0. The zero-order valence-corrected chi connectivity index (χ0v) is 11.0. The van der Waals surface area contributed by atoms with E-state index in [0.717, 1.165) is 11.6 Å². The summed E-state index contributed by atoms with van der Waals surface area (Å²) < 4.78 is 0. The molecule has 1 amide bonds. The molecule has 0 radical (unpaired) electrons. The van der Waals surface area contributed by atoms with Crippen LogP contribution in [0.1, 0.15) is 24.1 Å². The van der Waals surface area contributed by atoms with E-state index in [1.165, 1.54) is 11.1 Å². The van der Waals surface area contributed by atoms with Crippen molar-refractivity contribution in [3.05, 3.63) is 35.4 Å². The van der Waals surface area contributed by atoms with Gasteiger partial charge in [0.15, 0.2) is 0 Å². The molecule has 1 fully saturated rings. The summed E-state index contributed by atoms with van der Waals surface area (Å²) in [5.74, 6) is 1.84. The zero-order valence-electron chi connectivity index (χ0n) is 10.2. The van der Waals surface area contributed by atoms with Gasteiger partial charge in [0.2, 0.25) is 5.91 Å². The van der Waals surface area contributed by atoms with E-state index in [2.05, 4.69) is 29.7 Å². The fourth-order valence-corrected chi connectivity index (χ4v) is 2.97. The molecule has 1 aliphatic heterocycles. The Morgan fingerprint density at radius 3 is 2.94 bits per heavy atom. The highest BCUT2D eigenvalue weighted by molar-refractivity contribution is 7.99. The van der Waals surface area contributed by atoms with Crippen LogP contribution in [0.25, 0.3) is 0 Å². The van der Waals surface area contributed by atoms with Crippen molar-refractivity contribution in [1.82, 2.24) is 10.6 Å². The third-order valence-corrected chi connectivity index (χ3v) is 3.99. The summed E-state index contributed by atoms with van der Waals surface area (Å²) in [6, 6.07) is 8.19. The van der Waals surface area contributed by atoms with Gasteiger partial charge in [0.25, 0.3) is 0 Å². The summed E-state index contributed by atoms with van der Waals surface area (Å²) in [5.41, 5.74) is 2.40. The molecule has 0 bridgehead atoms. The molecular weight excluding hydrogens is 232 g/mol. The minimum absolute atomic E-state index is 0.0357. The molecule has 1 heterocycles. The van der Waals surface area contributed by atoms with Crippen LogP contribution in [0.4, 0.5) is 0 Å². The number of thioether (sulfide) groups is 1. The molecule has 1 aliphatic rings. The second-order valence-electron chi connectivity index (χ2n) is 4.36. The monoisotopic (exact) mass is 250 g/mol. The normalized spacial score (nSPS) is 21.2. The predicted octanol–water partition coefficient (Wildman–Crippen LogP) is 1.83. The van der Waals surface area contributed by atoms with Crippen LogP contribution >= 0.6 is 11.8 Å². The maximum absolute atomic E-state index is 12.0. The Labute approximate surface area is 106 Å². The van der Waals surface area contributed by atoms with Crippen molar-refractivity contribution < 1.29 is 4.79 Å². The Bertz CT molecular complexity index is 402. The molecule has 0 aromatic heterocycles. The largest absolute Gasteiger partial charge is 0.348 e. The molecule has 1 aromatic carbocycles. The molecule has 2 atom stereocenters. The smallest absolute Gasteiger partial charge is 0.238 e. The van der Waals surface area contributed by atoms with Gasteiger partial charge in [-0.15, -0.1) is 11.8 Å². The Morgan fingerprint density at radius 2 is 2.29 bits per heavy atom. The number of carbonyl (C=O) groups excluding carboxylic acids is 1. The van der Waals surface area contributed by atoms with Crippen LogP contribution in [-0.4, -0.2) is 23.6 Å². The Hall–Kier alpha value is -1.000. The second kappa shape index (κ2) is 5.56. The van der Waals surface area contributed by atoms with Gasteiger partial charge in [-0.25, -0.2) is 0 Å². The highest BCUT2D eigenvalue weighted by Gasteiger charge is 2.23. The molecule has 1 aromatic rings. The first-order valence-corrected chi connectivity index (χ1v) is 7.01. The van der Waals surface area contributed by atoms with Gasteiger partial charge in [-0.1, -0.05) is 24.3 Å². The standard InChI is InChI=1S/C13H18N2OS/c1-9-5-3-4-6-11(9)10(2)15-13(16)12-7-17-8-14-12/h3-6,10,12,14H,7-8H2,1-2H3,(H,15,16)/t10-,12?/m1/s1. The topological polar surface area (TPSA) is 41.1 Å². The Balaban J connectivity index is 1.99. The highest BCUT2D eigenvalue weighted by Crippen LogP contribution is 2.17. The third kappa shape index (κ3) is 3.01. The average Bonchev–Trinajstić information content (AvgIpc) is 2.82. The minimum Gasteiger partial charge on any atom is -0.348 e. The van der Waals surface area contributed by atoms with Crippen LogP contribution in [0.3, 0.4) is 0 Å². The molecule has 0 spiro atoms. The van der Waals surface area contributed by atoms with Gasteiger partial charge in [0.1, 0.15) is 0 Å². The fourth-order valence-electron chi connectivity index (χ4n) is 2.03. The highest BCUT2D eigenvalue weighted by atomic mass is 32.2. The van der Waals surface area contributed by atoms with Crippen molar-refractivity contribution >= 4 is 17.7 Å². The maximum atomic E-state index is 12.0. The summed E-state index contributed by atoms with van der Waals surface area (Å²) in [4.78, 5) is 12.0. The molecule has 1 unspecified atom stereocenters.